The van der Waals surface area contributed by atoms with Gasteiger partial charge in [0.25, 0.3) is 0 Å². The van der Waals surface area contributed by atoms with Gasteiger partial charge in [-0.1, -0.05) is 41.6 Å². The van der Waals surface area contributed by atoms with Crippen molar-refractivity contribution in [2.75, 3.05) is 6.26 Å². The van der Waals surface area contributed by atoms with Crippen LogP contribution in [0.3, 0.4) is 0 Å². The molecule has 0 aliphatic heterocycles. The van der Waals surface area contributed by atoms with E-state index in [-0.39, 0.29) is 11.2 Å². The zero-order valence-electron chi connectivity index (χ0n) is 9.33. The Morgan fingerprint density at radius 2 is 2.00 bits per heavy atom. The summed E-state index contributed by atoms with van der Waals surface area (Å²) in [6.07, 6.45) is 1.74. The molecule has 0 aliphatic rings. The maximum absolute atomic E-state index is 11.3. The first-order valence-electron chi connectivity index (χ1n) is 4.84. The highest BCUT2D eigenvalue weighted by atomic mass is 32.2. The number of amidine groups is 1. The maximum atomic E-state index is 11.3. The van der Waals surface area contributed by atoms with Crippen LogP contribution in [-0.4, -0.2) is 17.5 Å². The number of aryl methyl sites for hydroxylation is 1. The molecule has 0 heterocycles. The van der Waals surface area contributed by atoms with Crippen molar-refractivity contribution < 1.29 is 4.79 Å². The van der Waals surface area contributed by atoms with Gasteiger partial charge in [0.15, 0.2) is 5.17 Å². The molecule has 0 aromatic heterocycles. The van der Waals surface area contributed by atoms with Crippen molar-refractivity contribution in [2.45, 2.75) is 13.5 Å². The Labute approximate surface area is 99.3 Å². The second-order valence-electron chi connectivity index (χ2n) is 3.33. The van der Waals surface area contributed by atoms with Gasteiger partial charge in [0.2, 0.25) is 0 Å². The second kappa shape index (κ2) is 6.17. The van der Waals surface area contributed by atoms with E-state index >= 15 is 0 Å². The first kappa shape index (κ1) is 12.6. The number of hydrogen-bond acceptors (Lipinski definition) is 3. The van der Waals surface area contributed by atoms with E-state index in [1.54, 1.807) is 6.26 Å². The van der Waals surface area contributed by atoms with Crippen molar-refractivity contribution >= 4 is 23.0 Å². The molecule has 0 fully saturated rings. The summed E-state index contributed by atoms with van der Waals surface area (Å²) in [4.78, 5) is 11.3. The van der Waals surface area contributed by atoms with Crippen LogP contribution in [0.1, 0.15) is 11.1 Å². The third kappa shape index (κ3) is 4.35. The third-order valence-corrected chi connectivity index (χ3v) is 2.52. The lowest BCUT2D eigenvalue weighted by Gasteiger charge is -2.07. The summed E-state index contributed by atoms with van der Waals surface area (Å²) in [6, 6.07) is 7.59. The third-order valence-electron chi connectivity index (χ3n) is 2.00. The minimum atomic E-state index is -0.347. The molecule has 0 spiro atoms. The molecule has 1 rings (SSSR count). The van der Waals surface area contributed by atoms with Gasteiger partial charge in [-0.15, -0.1) is 0 Å². The summed E-state index contributed by atoms with van der Waals surface area (Å²) < 4.78 is 0. The minimum absolute atomic E-state index is 0.140. The molecule has 2 amide bonds. The molecule has 0 aliphatic carbocycles. The van der Waals surface area contributed by atoms with E-state index in [0.29, 0.717) is 6.54 Å². The smallest absolute Gasteiger partial charge is 0.321 e. The molecule has 0 atom stereocenters. The van der Waals surface area contributed by atoms with E-state index in [1.165, 1.54) is 17.3 Å². The van der Waals surface area contributed by atoms with Gasteiger partial charge < -0.3 is 5.32 Å². The zero-order chi connectivity index (χ0) is 12.0. The van der Waals surface area contributed by atoms with E-state index in [4.69, 9.17) is 5.41 Å². The van der Waals surface area contributed by atoms with Crippen LogP contribution in [0.25, 0.3) is 0 Å². The molecule has 4 nitrogen and oxygen atoms in total. The molecule has 3 N–H and O–H groups in total. The number of nitrogens with one attached hydrogen (secondary N) is 3. The molecule has 5 heteroatoms. The van der Waals surface area contributed by atoms with Crippen LogP contribution in [0.2, 0.25) is 0 Å². The Hall–Kier alpha value is -1.49. The highest BCUT2D eigenvalue weighted by Gasteiger charge is 2.02. The van der Waals surface area contributed by atoms with Gasteiger partial charge in [-0.3, -0.25) is 10.7 Å². The topological polar surface area (TPSA) is 65.0 Å². The Bertz CT molecular complexity index is 375. The van der Waals surface area contributed by atoms with Gasteiger partial charge >= 0.3 is 6.03 Å². The fraction of sp³-hybridized carbons (Fsp3) is 0.273. The average Bonchev–Trinajstić information content (AvgIpc) is 2.28. The van der Waals surface area contributed by atoms with Gasteiger partial charge in [-0.05, 0) is 18.7 Å². The maximum Gasteiger partial charge on any atom is 0.321 e. The van der Waals surface area contributed by atoms with Crippen LogP contribution < -0.4 is 10.6 Å². The normalized spacial score (nSPS) is 9.62. The van der Waals surface area contributed by atoms with Crippen molar-refractivity contribution in [1.82, 2.24) is 10.6 Å². The lowest BCUT2D eigenvalue weighted by Crippen LogP contribution is -2.37. The van der Waals surface area contributed by atoms with Crippen LogP contribution in [0, 0.1) is 12.3 Å². The van der Waals surface area contributed by atoms with Gasteiger partial charge in [0.1, 0.15) is 0 Å². The highest BCUT2D eigenvalue weighted by Crippen LogP contribution is 2.02. The summed E-state index contributed by atoms with van der Waals surface area (Å²) in [5.74, 6) is 0. The van der Waals surface area contributed by atoms with Crippen LogP contribution in [0.5, 0.6) is 0 Å². The molecule has 0 unspecified atom stereocenters. The summed E-state index contributed by atoms with van der Waals surface area (Å²) in [7, 11) is 0. The van der Waals surface area contributed by atoms with E-state index in [2.05, 4.69) is 10.6 Å². The predicted octanol–water partition coefficient (Wildman–Crippen LogP) is 2.09. The number of carbonyl (C=O) groups is 1. The Morgan fingerprint density at radius 1 is 1.38 bits per heavy atom. The summed E-state index contributed by atoms with van der Waals surface area (Å²) >= 11 is 1.19. The summed E-state index contributed by atoms with van der Waals surface area (Å²) in [5, 5.41) is 12.5. The van der Waals surface area contributed by atoms with E-state index in [1.807, 2.05) is 31.2 Å². The molecule has 0 bridgehead atoms. The van der Waals surface area contributed by atoms with Crippen molar-refractivity contribution in [3.63, 3.8) is 0 Å². The molecule has 0 radical (unpaired) electrons. The first-order valence-corrected chi connectivity index (χ1v) is 6.07. The van der Waals surface area contributed by atoms with Gasteiger partial charge in [-0.2, -0.15) is 0 Å². The molecular formula is C11H15N3OS. The molecule has 0 saturated carbocycles. The number of thioether (sulfide) groups is 1. The predicted molar refractivity (Wildman–Crippen MR) is 67.8 cm³/mol. The molecular weight excluding hydrogens is 222 g/mol. The number of benzene rings is 1. The van der Waals surface area contributed by atoms with Crippen molar-refractivity contribution in [1.29, 1.82) is 5.41 Å². The monoisotopic (exact) mass is 237 g/mol. The Balaban J connectivity index is 2.37. The molecule has 1 aromatic carbocycles. The zero-order valence-corrected chi connectivity index (χ0v) is 10.1. The van der Waals surface area contributed by atoms with Crippen LogP contribution in [0.4, 0.5) is 4.79 Å². The number of amides is 2. The van der Waals surface area contributed by atoms with Crippen LogP contribution >= 0.6 is 11.8 Å². The molecule has 1 aromatic rings. The van der Waals surface area contributed by atoms with E-state index in [9.17, 15) is 4.79 Å². The van der Waals surface area contributed by atoms with Crippen molar-refractivity contribution in [3.05, 3.63) is 35.4 Å². The first-order chi connectivity index (χ1) is 7.61. The molecule has 86 valence electrons. The SMILES string of the molecule is CSC(=N)NC(=O)NCc1ccc(C)cc1. The van der Waals surface area contributed by atoms with Crippen molar-refractivity contribution in [2.24, 2.45) is 0 Å². The Kier molecular flexibility index (Phi) is 4.85. The second-order valence-corrected chi connectivity index (χ2v) is 4.14. The van der Waals surface area contributed by atoms with Gasteiger partial charge in [-0.25, -0.2) is 4.79 Å². The fourth-order valence-electron chi connectivity index (χ4n) is 1.09. The lowest BCUT2D eigenvalue weighted by molar-refractivity contribution is 0.245. The van der Waals surface area contributed by atoms with Crippen molar-refractivity contribution in [3.8, 4) is 0 Å². The lowest BCUT2D eigenvalue weighted by atomic mass is 10.1. The molecule has 0 saturated heterocycles. The number of urea groups is 1. The largest absolute Gasteiger partial charge is 0.334 e. The average molecular weight is 237 g/mol. The van der Waals surface area contributed by atoms with Crippen LogP contribution in [-0.2, 0) is 6.54 Å². The molecule has 16 heavy (non-hydrogen) atoms. The quantitative estimate of drug-likeness (QED) is 0.544. The van der Waals surface area contributed by atoms with Gasteiger partial charge in [0, 0.05) is 6.54 Å². The fourth-order valence-corrected chi connectivity index (χ4v) is 1.28. The van der Waals surface area contributed by atoms with Gasteiger partial charge in [0.05, 0.1) is 0 Å². The minimum Gasteiger partial charge on any atom is -0.334 e. The Morgan fingerprint density at radius 3 is 2.56 bits per heavy atom. The number of rotatable bonds is 2. The van der Waals surface area contributed by atoms with E-state index < -0.39 is 0 Å². The summed E-state index contributed by atoms with van der Waals surface area (Å²) in [5.41, 5.74) is 2.23. The van der Waals surface area contributed by atoms with Crippen LogP contribution in [0.15, 0.2) is 24.3 Å². The summed E-state index contributed by atoms with van der Waals surface area (Å²) in [6.45, 7) is 2.48. The number of carbonyl (C=O) groups excluding carboxylic acids is 1. The number of hydrogen-bond donors (Lipinski definition) is 3. The highest BCUT2D eigenvalue weighted by molar-refractivity contribution is 8.13. The van der Waals surface area contributed by atoms with E-state index in [0.717, 1.165) is 5.56 Å². The standard InChI is InChI=1S/C11H15N3OS/c1-8-3-5-9(6-4-8)7-13-11(15)14-10(12)16-2/h3-6H,7H2,1-2H3,(H3,12,13,14,15).